The maximum atomic E-state index is 11.0. The van der Waals surface area contributed by atoms with Crippen molar-refractivity contribution in [3.05, 3.63) is 24.3 Å². The number of amides is 1. The van der Waals surface area contributed by atoms with Crippen LogP contribution in [0.1, 0.15) is 6.92 Å². The van der Waals surface area contributed by atoms with Crippen LogP contribution in [-0.4, -0.2) is 25.5 Å². The SMILES string of the molecule is C=C/C(=C\C(=O)NCC)C(=O)OC. The summed E-state index contributed by atoms with van der Waals surface area (Å²) in [4.78, 5) is 21.9. The molecule has 0 aliphatic heterocycles. The molecule has 0 fully saturated rings. The van der Waals surface area contributed by atoms with E-state index in [1.165, 1.54) is 13.2 Å². The van der Waals surface area contributed by atoms with E-state index in [-0.39, 0.29) is 11.5 Å². The fraction of sp³-hybridized carbons (Fsp3) is 0.333. The molecule has 0 radical (unpaired) electrons. The van der Waals surface area contributed by atoms with Crippen LogP contribution in [0.25, 0.3) is 0 Å². The van der Waals surface area contributed by atoms with E-state index in [1.54, 1.807) is 6.92 Å². The van der Waals surface area contributed by atoms with Crippen LogP contribution < -0.4 is 5.32 Å². The highest BCUT2D eigenvalue weighted by Crippen LogP contribution is 1.97. The van der Waals surface area contributed by atoms with E-state index in [2.05, 4.69) is 16.6 Å². The summed E-state index contributed by atoms with van der Waals surface area (Å²) in [5.74, 6) is -0.899. The van der Waals surface area contributed by atoms with E-state index in [9.17, 15) is 9.59 Å². The van der Waals surface area contributed by atoms with Crippen molar-refractivity contribution in [2.24, 2.45) is 0 Å². The van der Waals surface area contributed by atoms with Crippen molar-refractivity contribution in [3.8, 4) is 0 Å². The van der Waals surface area contributed by atoms with Gasteiger partial charge in [-0.3, -0.25) is 4.79 Å². The summed E-state index contributed by atoms with van der Waals surface area (Å²) in [6.45, 7) is 5.70. The van der Waals surface area contributed by atoms with Crippen LogP contribution in [0.3, 0.4) is 0 Å². The smallest absolute Gasteiger partial charge is 0.338 e. The van der Waals surface area contributed by atoms with Crippen molar-refractivity contribution in [1.29, 1.82) is 0 Å². The van der Waals surface area contributed by atoms with Crippen molar-refractivity contribution in [2.45, 2.75) is 6.92 Å². The predicted molar refractivity (Wildman–Crippen MR) is 49.0 cm³/mol. The molecule has 0 spiro atoms. The lowest BCUT2D eigenvalue weighted by atomic mass is 10.2. The minimum Gasteiger partial charge on any atom is -0.465 e. The first-order chi connectivity index (χ1) is 6.15. The number of methoxy groups -OCH3 is 1. The molecule has 4 heteroatoms. The van der Waals surface area contributed by atoms with Gasteiger partial charge < -0.3 is 10.1 Å². The van der Waals surface area contributed by atoms with E-state index >= 15 is 0 Å². The number of carbonyl (C=O) groups is 2. The van der Waals surface area contributed by atoms with Crippen molar-refractivity contribution >= 4 is 11.9 Å². The highest BCUT2D eigenvalue weighted by molar-refractivity contribution is 6.00. The maximum absolute atomic E-state index is 11.0. The molecular formula is C9H13NO3. The molecule has 0 unspecified atom stereocenters. The number of likely N-dealkylation sites (N-methyl/N-ethyl adjacent to an activating group) is 1. The van der Waals surface area contributed by atoms with Gasteiger partial charge in [0.05, 0.1) is 12.7 Å². The fourth-order valence-corrected chi connectivity index (χ4v) is 0.686. The standard InChI is InChI=1S/C9H13NO3/c1-4-7(9(12)13-3)6-8(11)10-5-2/h4,6H,1,5H2,2-3H3,(H,10,11)/b7-6+. The highest BCUT2D eigenvalue weighted by atomic mass is 16.5. The third kappa shape index (κ3) is 4.10. The number of nitrogens with one attached hydrogen (secondary N) is 1. The largest absolute Gasteiger partial charge is 0.465 e. The lowest BCUT2D eigenvalue weighted by Gasteiger charge is -1.99. The number of rotatable bonds is 4. The number of hydrogen-bond donors (Lipinski definition) is 1. The first-order valence-corrected chi connectivity index (χ1v) is 3.86. The van der Waals surface area contributed by atoms with Gasteiger partial charge in [0.15, 0.2) is 0 Å². The van der Waals surface area contributed by atoms with Gasteiger partial charge in [0, 0.05) is 12.6 Å². The number of carbonyl (C=O) groups excluding carboxylic acids is 2. The number of esters is 1. The molecule has 0 aromatic rings. The Kier molecular flexibility index (Phi) is 5.27. The summed E-state index contributed by atoms with van der Waals surface area (Å²) < 4.78 is 4.42. The second kappa shape index (κ2) is 5.99. The van der Waals surface area contributed by atoms with Gasteiger partial charge in [0.1, 0.15) is 0 Å². The molecule has 4 nitrogen and oxygen atoms in total. The van der Waals surface area contributed by atoms with Crippen LogP contribution in [0.2, 0.25) is 0 Å². The Morgan fingerprint density at radius 3 is 2.54 bits per heavy atom. The zero-order valence-electron chi connectivity index (χ0n) is 7.79. The Labute approximate surface area is 77.3 Å². The minimum absolute atomic E-state index is 0.147. The fourth-order valence-electron chi connectivity index (χ4n) is 0.686. The molecule has 1 amide bonds. The third-order valence-corrected chi connectivity index (χ3v) is 1.28. The quantitative estimate of drug-likeness (QED) is 0.390. The molecule has 0 aliphatic rings. The lowest BCUT2D eigenvalue weighted by molar-refractivity contribution is -0.136. The Bertz CT molecular complexity index is 243. The molecule has 0 saturated carbocycles. The lowest BCUT2D eigenvalue weighted by Crippen LogP contribution is -2.21. The van der Waals surface area contributed by atoms with Gasteiger partial charge in [-0.15, -0.1) is 0 Å². The molecule has 0 rings (SSSR count). The van der Waals surface area contributed by atoms with E-state index in [4.69, 9.17) is 0 Å². The van der Waals surface area contributed by atoms with Crippen molar-refractivity contribution in [1.82, 2.24) is 5.32 Å². The average Bonchev–Trinajstić information content (AvgIpc) is 2.13. The third-order valence-electron chi connectivity index (χ3n) is 1.28. The van der Waals surface area contributed by atoms with E-state index < -0.39 is 5.97 Å². The number of ether oxygens (including phenoxy) is 1. The zero-order valence-corrected chi connectivity index (χ0v) is 7.79. The van der Waals surface area contributed by atoms with Crippen molar-refractivity contribution < 1.29 is 14.3 Å². The molecule has 0 aliphatic carbocycles. The van der Waals surface area contributed by atoms with Gasteiger partial charge in [-0.25, -0.2) is 4.79 Å². The molecule has 0 saturated heterocycles. The Morgan fingerprint density at radius 1 is 1.54 bits per heavy atom. The first kappa shape index (κ1) is 11.4. The first-order valence-electron chi connectivity index (χ1n) is 3.86. The summed E-state index contributed by atoms with van der Waals surface area (Å²) in [5, 5.41) is 2.52. The Hall–Kier alpha value is -1.58. The van der Waals surface area contributed by atoms with Gasteiger partial charge in [-0.05, 0) is 6.92 Å². The summed E-state index contributed by atoms with van der Waals surface area (Å²) >= 11 is 0. The zero-order chi connectivity index (χ0) is 10.3. The van der Waals surface area contributed by atoms with Gasteiger partial charge >= 0.3 is 5.97 Å². The van der Waals surface area contributed by atoms with E-state index in [0.29, 0.717) is 6.54 Å². The molecule has 0 atom stereocenters. The second-order valence-corrected chi connectivity index (χ2v) is 2.19. The maximum Gasteiger partial charge on any atom is 0.338 e. The molecule has 13 heavy (non-hydrogen) atoms. The molecule has 0 aromatic heterocycles. The Balaban J connectivity index is 4.46. The van der Waals surface area contributed by atoms with Gasteiger partial charge in [0.2, 0.25) is 5.91 Å². The van der Waals surface area contributed by atoms with Crippen LogP contribution in [0.5, 0.6) is 0 Å². The minimum atomic E-state index is -0.568. The van der Waals surface area contributed by atoms with Crippen LogP contribution >= 0.6 is 0 Å². The van der Waals surface area contributed by atoms with Gasteiger partial charge in [0.25, 0.3) is 0 Å². The van der Waals surface area contributed by atoms with Crippen LogP contribution in [0.4, 0.5) is 0 Å². The summed E-state index contributed by atoms with van der Waals surface area (Å²) in [6.07, 6.45) is 2.43. The van der Waals surface area contributed by atoms with Crippen LogP contribution in [0, 0.1) is 0 Å². The van der Waals surface area contributed by atoms with Crippen LogP contribution in [-0.2, 0) is 14.3 Å². The topological polar surface area (TPSA) is 55.4 Å². The summed E-state index contributed by atoms with van der Waals surface area (Å²) in [6, 6.07) is 0. The molecule has 1 N–H and O–H groups in total. The molecule has 0 aromatic carbocycles. The average molecular weight is 183 g/mol. The molecule has 0 bridgehead atoms. The second-order valence-electron chi connectivity index (χ2n) is 2.19. The monoisotopic (exact) mass is 183 g/mol. The number of hydrogen-bond acceptors (Lipinski definition) is 3. The predicted octanol–water partition coefficient (Wildman–Crippen LogP) is 0.408. The van der Waals surface area contributed by atoms with Gasteiger partial charge in [-0.1, -0.05) is 12.7 Å². The molecule has 72 valence electrons. The molecular weight excluding hydrogens is 170 g/mol. The normalized spacial score (nSPS) is 10.5. The van der Waals surface area contributed by atoms with E-state index in [0.717, 1.165) is 6.08 Å². The summed E-state index contributed by atoms with van der Waals surface area (Å²) in [7, 11) is 1.25. The van der Waals surface area contributed by atoms with E-state index in [1.807, 2.05) is 0 Å². The van der Waals surface area contributed by atoms with Gasteiger partial charge in [-0.2, -0.15) is 0 Å². The van der Waals surface area contributed by atoms with Crippen molar-refractivity contribution in [3.63, 3.8) is 0 Å². The highest BCUT2D eigenvalue weighted by Gasteiger charge is 2.06. The molecule has 0 heterocycles. The van der Waals surface area contributed by atoms with Crippen molar-refractivity contribution in [2.75, 3.05) is 13.7 Å². The van der Waals surface area contributed by atoms with Crippen LogP contribution in [0.15, 0.2) is 24.3 Å². The summed E-state index contributed by atoms with van der Waals surface area (Å²) in [5.41, 5.74) is 0.147. The Morgan fingerprint density at radius 2 is 2.15 bits per heavy atom.